The van der Waals surface area contributed by atoms with E-state index in [2.05, 4.69) is 37.9 Å². The Morgan fingerprint density at radius 1 is 1.23 bits per heavy atom. The summed E-state index contributed by atoms with van der Waals surface area (Å²) >= 11 is 0. The quantitative estimate of drug-likeness (QED) is 0.791. The summed E-state index contributed by atoms with van der Waals surface area (Å²) in [6.07, 6.45) is 2.91. The van der Waals surface area contributed by atoms with Crippen LogP contribution in [0.25, 0.3) is 0 Å². The largest absolute Gasteiger partial charge is 0.481 e. The van der Waals surface area contributed by atoms with Crippen molar-refractivity contribution < 1.29 is 19.4 Å². The number of carboxylic acid groups (broad SMARTS) is 1. The number of ether oxygens (including phenoxy) is 1. The lowest BCUT2D eigenvalue weighted by Crippen LogP contribution is -2.59. The number of amides is 2. The van der Waals surface area contributed by atoms with Gasteiger partial charge in [0, 0.05) is 38.3 Å². The molecule has 148 valence electrons. The Bertz CT molecular complexity index is 557. The summed E-state index contributed by atoms with van der Waals surface area (Å²) in [5.41, 5.74) is -0.899. The monoisotopic (exact) mass is 367 g/mol. The minimum atomic E-state index is -0.744. The van der Waals surface area contributed by atoms with Crippen molar-refractivity contribution in [2.24, 2.45) is 11.3 Å². The predicted molar refractivity (Wildman–Crippen MR) is 98.0 cm³/mol. The second kappa shape index (κ2) is 7.00. The molecule has 2 N–H and O–H groups in total. The van der Waals surface area contributed by atoms with Gasteiger partial charge in [-0.2, -0.15) is 0 Å². The molecule has 0 aromatic carbocycles. The maximum absolute atomic E-state index is 12.7. The predicted octanol–water partition coefficient (Wildman–Crippen LogP) is 1.77. The third-order valence-corrected chi connectivity index (χ3v) is 6.53. The highest BCUT2D eigenvalue weighted by atomic mass is 16.5. The first-order valence-corrected chi connectivity index (χ1v) is 9.81. The maximum Gasteiger partial charge on any atom is 0.317 e. The molecule has 0 aromatic rings. The van der Waals surface area contributed by atoms with E-state index in [-0.39, 0.29) is 29.7 Å². The maximum atomic E-state index is 12.7. The van der Waals surface area contributed by atoms with Gasteiger partial charge in [0.1, 0.15) is 0 Å². The fraction of sp³-hybridized carbons (Fsp3) is 0.895. The first-order valence-electron chi connectivity index (χ1n) is 9.81. The molecular weight excluding hydrogens is 334 g/mol. The van der Waals surface area contributed by atoms with Gasteiger partial charge in [-0.1, -0.05) is 6.42 Å². The van der Waals surface area contributed by atoms with E-state index in [1.807, 2.05) is 0 Å². The number of hydrogen-bond donors (Lipinski definition) is 2. The molecule has 0 aromatic heterocycles. The summed E-state index contributed by atoms with van der Waals surface area (Å²) in [5.74, 6) is -0.647. The number of fused-ring (bicyclic) bond motifs is 1. The van der Waals surface area contributed by atoms with Crippen molar-refractivity contribution in [3.05, 3.63) is 0 Å². The lowest BCUT2D eigenvalue weighted by molar-refractivity contribution is -0.149. The highest BCUT2D eigenvalue weighted by Crippen LogP contribution is 2.48. The van der Waals surface area contributed by atoms with Crippen molar-refractivity contribution in [1.29, 1.82) is 0 Å². The van der Waals surface area contributed by atoms with Gasteiger partial charge in [0.25, 0.3) is 0 Å². The lowest BCUT2D eigenvalue weighted by Gasteiger charge is -2.45. The van der Waals surface area contributed by atoms with Gasteiger partial charge in [-0.3, -0.25) is 9.69 Å². The standard InChI is InChI=1S/C19H33N3O4/c1-13-8-22(9-14(2)26-13)18(3,4)11-20-17(25)21-10-15-6-5-7-19(15,12-21)16(23)24/h13-15H,5-12H2,1-4H3,(H,20,25)(H,23,24)/t13?,14?,15-,19+/m0/s1. The molecule has 2 aliphatic heterocycles. The van der Waals surface area contributed by atoms with Crippen LogP contribution in [0.1, 0.15) is 47.0 Å². The zero-order valence-electron chi connectivity index (χ0n) is 16.5. The molecule has 3 aliphatic rings. The van der Waals surface area contributed by atoms with Crippen LogP contribution < -0.4 is 5.32 Å². The minimum absolute atomic E-state index is 0.0969. The summed E-state index contributed by atoms with van der Waals surface area (Å²) in [7, 11) is 0. The van der Waals surface area contributed by atoms with Crippen LogP contribution >= 0.6 is 0 Å². The van der Waals surface area contributed by atoms with Crippen molar-refractivity contribution in [3.8, 4) is 0 Å². The minimum Gasteiger partial charge on any atom is -0.481 e. The van der Waals surface area contributed by atoms with Crippen molar-refractivity contribution in [2.75, 3.05) is 32.7 Å². The number of nitrogens with one attached hydrogen (secondary N) is 1. The van der Waals surface area contributed by atoms with E-state index in [9.17, 15) is 14.7 Å². The molecule has 2 saturated heterocycles. The van der Waals surface area contributed by atoms with Gasteiger partial charge in [0.2, 0.25) is 0 Å². The van der Waals surface area contributed by atoms with Crippen molar-refractivity contribution >= 4 is 12.0 Å². The van der Waals surface area contributed by atoms with Crippen LogP contribution in [0.3, 0.4) is 0 Å². The fourth-order valence-electron chi connectivity index (χ4n) is 4.98. The molecule has 2 unspecified atom stereocenters. The summed E-state index contributed by atoms with van der Waals surface area (Å²) in [6.45, 7) is 11.5. The molecule has 1 saturated carbocycles. The molecule has 26 heavy (non-hydrogen) atoms. The Balaban J connectivity index is 1.56. The number of urea groups is 1. The van der Waals surface area contributed by atoms with E-state index in [0.717, 1.165) is 25.9 Å². The first kappa shape index (κ1) is 19.4. The number of rotatable bonds is 4. The summed E-state index contributed by atoms with van der Waals surface area (Å²) in [4.78, 5) is 28.5. The van der Waals surface area contributed by atoms with Crippen LogP contribution in [0.5, 0.6) is 0 Å². The van der Waals surface area contributed by atoms with Gasteiger partial charge in [0.15, 0.2) is 0 Å². The topological polar surface area (TPSA) is 82.1 Å². The molecule has 7 heteroatoms. The van der Waals surface area contributed by atoms with Crippen LogP contribution in [-0.2, 0) is 9.53 Å². The van der Waals surface area contributed by atoms with Crippen LogP contribution in [0.4, 0.5) is 4.79 Å². The van der Waals surface area contributed by atoms with Crippen molar-refractivity contribution in [2.45, 2.75) is 64.7 Å². The van der Waals surface area contributed by atoms with Gasteiger partial charge in [0.05, 0.1) is 17.6 Å². The van der Waals surface area contributed by atoms with E-state index >= 15 is 0 Å². The van der Waals surface area contributed by atoms with E-state index in [4.69, 9.17) is 4.74 Å². The molecule has 3 fully saturated rings. The van der Waals surface area contributed by atoms with Gasteiger partial charge in [-0.15, -0.1) is 0 Å². The number of morpholine rings is 1. The number of likely N-dealkylation sites (tertiary alicyclic amines) is 1. The number of hydrogen-bond acceptors (Lipinski definition) is 4. The number of carboxylic acids is 1. The summed E-state index contributed by atoms with van der Waals surface area (Å²) in [5, 5.41) is 12.7. The van der Waals surface area contributed by atoms with Gasteiger partial charge in [-0.25, -0.2) is 4.79 Å². The van der Waals surface area contributed by atoms with Crippen molar-refractivity contribution in [3.63, 3.8) is 0 Å². The molecule has 7 nitrogen and oxygen atoms in total. The second-order valence-corrected chi connectivity index (χ2v) is 9.06. The Morgan fingerprint density at radius 2 is 1.88 bits per heavy atom. The zero-order valence-corrected chi connectivity index (χ0v) is 16.5. The molecule has 1 aliphatic carbocycles. The normalized spacial score (nSPS) is 35.4. The van der Waals surface area contributed by atoms with Gasteiger partial charge >= 0.3 is 12.0 Å². The van der Waals surface area contributed by atoms with Crippen molar-refractivity contribution in [1.82, 2.24) is 15.1 Å². The Kier molecular flexibility index (Phi) is 5.23. The molecule has 0 bridgehead atoms. The molecule has 4 atom stereocenters. The lowest BCUT2D eigenvalue weighted by atomic mass is 9.81. The van der Waals surface area contributed by atoms with Crippen LogP contribution in [-0.4, -0.2) is 77.4 Å². The van der Waals surface area contributed by atoms with Gasteiger partial charge in [-0.05, 0) is 46.5 Å². The smallest absolute Gasteiger partial charge is 0.317 e. The Labute approximate surface area is 156 Å². The van der Waals surface area contributed by atoms with Crippen LogP contribution in [0.2, 0.25) is 0 Å². The molecular formula is C19H33N3O4. The third kappa shape index (κ3) is 3.56. The number of carbonyl (C=O) groups excluding carboxylic acids is 1. The average molecular weight is 367 g/mol. The fourth-order valence-corrected chi connectivity index (χ4v) is 4.98. The van der Waals surface area contributed by atoms with E-state index in [1.165, 1.54) is 0 Å². The second-order valence-electron chi connectivity index (χ2n) is 9.06. The van der Waals surface area contributed by atoms with Crippen LogP contribution in [0.15, 0.2) is 0 Å². The molecule has 0 radical (unpaired) electrons. The SMILES string of the molecule is CC1CN(C(C)(C)CNC(=O)N2C[C@@H]3CCC[C@@]3(C(=O)O)C2)CC(C)O1. The number of aliphatic carboxylic acids is 1. The number of nitrogens with zero attached hydrogens (tertiary/aromatic N) is 2. The Hall–Kier alpha value is -1.34. The van der Waals surface area contributed by atoms with E-state index in [0.29, 0.717) is 26.1 Å². The third-order valence-electron chi connectivity index (χ3n) is 6.53. The molecule has 2 heterocycles. The first-order chi connectivity index (χ1) is 12.1. The summed E-state index contributed by atoms with van der Waals surface area (Å²) in [6, 6.07) is -0.137. The Morgan fingerprint density at radius 3 is 2.46 bits per heavy atom. The molecule has 3 rings (SSSR count). The molecule has 0 spiro atoms. The molecule has 2 amide bonds. The van der Waals surface area contributed by atoms with Crippen LogP contribution in [0, 0.1) is 11.3 Å². The van der Waals surface area contributed by atoms with E-state index < -0.39 is 11.4 Å². The van der Waals surface area contributed by atoms with Gasteiger partial charge < -0.3 is 20.1 Å². The zero-order chi connectivity index (χ0) is 19.1. The number of carbonyl (C=O) groups is 2. The highest BCUT2D eigenvalue weighted by Gasteiger charge is 2.55. The van der Waals surface area contributed by atoms with E-state index in [1.54, 1.807) is 4.90 Å². The average Bonchev–Trinajstić information content (AvgIpc) is 3.10. The summed E-state index contributed by atoms with van der Waals surface area (Å²) < 4.78 is 5.80. The highest BCUT2D eigenvalue weighted by molar-refractivity contribution is 5.80.